The molecule has 1 aromatic heterocycles. The molecule has 2 heterocycles. The minimum atomic E-state index is -0.622. The smallest absolute Gasteiger partial charge is 0.254 e. The van der Waals surface area contributed by atoms with Gasteiger partial charge in [-0.25, -0.2) is 4.39 Å². The number of hydrogen-bond donors (Lipinski definition) is 3. The molecule has 0 aliphatic carbocycles. The first-order valence-electron chi connectivity index (χ1n) is 11.3. The molecule has 0 saturated carbocycles. The van der Waals surface area contributed by atoms with Gasteiger partial charge in [-0.3, -0.25) is 14.7 Å². The number of halogens is 1. The molecule has 1 aliphatic rings. The van der Waals surface area contributed by atoms with Crippen LogP contribution in [0.25, 0.3) is 16.6 Å². The van der Waals surface area contributed by atoms with Crippen LogP contribution in [0.1, 0.15) is 39.3 Å². The van der Waals surface area contributed by atoms with E-state index in [1.54, 1.807) is 29.2 Å². The number of methoxy groups -OCH3 is 1. The van der Waals surface area contributed by atoms with E-state index in [0.29, 0.717) is 35.2 Å². The molecule has 9 nitrogen and oxygen atoms in total. The van der Waals surface area contributed by atoms with Crippen LogP contribution in [0, 0.1) is 5.82 Å². The molecule has 0 spiro atoms. The number of H-pyrrole nitrogens is 1. The maximum absolute atomic E-state index is 14.5. The topological polar surface area (TPSA) is 131 Å². The number of amides is 1. The number of ketones is 1. The van der Waals surface area contributed by atoms with E-state index in [1.165, 1.54) is 25.3 Å². The summed E-state index contributed by atoms with van der Waals surface area (Å²) in [6.45, 7) is 1.05. The lowest BCUT2D eigenvalue weighted by Crippen LogP contribution is -2.37. The van der Waals surface area contributed by atoms with Gasteiger partial charge in [-0.15, -0.1) is 0 Å². The van der Waals surface area contributed by atoms with Crippen molar-refractivity contribution in [2.75, 3.05) is 33.5 Å². The third-order valence-electron chi connectivity index (χ3n) is 5.99. The number of carbonyl (C=O) groups excluding carboxylic acids is 2. The van der Waals surface area contributed by atoms with E-state index in [4.69, 9.17) is 15.2 Å². The number of ether oxygens (including phenoxy) is 2. The third kappa shape index (κ3) is 5.18. The first-order chi connectivity index (χ1) is 16.9. The number of aliphatic hydroxyl groups is 1. The molecule has 10 heteroatoms. The molecule has 1 fully saturated rings. The number of allylic oxidation sites excluding steroid dienone is 1. The Bertz CT molecular complexity index is 1250. The van der Waals surface area contributed by atoms with Gasteiger partial charge in [0.25, 0.3) is 5.91 Å². The van der Waals surface area contributed by atoms with Crippen LogP contribution >= 0.6 is 0 Å². The van der Waals surface area contributed by atoms with Crippen molar-refractivity contribution >= 4 is 28.3 Å². The number of aromatic nitrogens is 2. The lowest BCUT2D eigenvalue weighted by molar-refractivity contribution is 0.0677. The largest absolute Gasteiger partial charge is 0.488 e. The number of carbonyl (C=O) groups is 2. The number of nitrogens with zero attached hydrogens (tertiary/aromatic N) is 2. The number of likely N-dealkylation sites (tertiary alicyclic amines) is 1. The summed E-state index contributed by atoms with van der Waals surface area (Å²) in [5.74, 6) is -1.24. The van der Waals surface area contributed by atoms with E-state index in [2.05, 4.69) is 10.2 Å². The molecule has 1 saturated heterocycles. The summed E-state index contributed by atoms with van der Waals surface area (Å²) in [6.07, 6.45) is 2.86. The first kappa shape index (κ1) is 24.4. The van der Waals surface area contributed by atoms with Gasteiger partial charge in [-0.1, -0.05) is 12.1 Å². The Morgan fingerprint density at radius 3 is 2.71 bits per heavy atom. The summed E-state index contributed by atoms with van der Waals surface area (Å²) in [5, 5.41) is 16.5. The molecule has 35 heavy (non-hydrogen) atoms. The summed E-state index contributed by atoms with van der Waals surface area (Å²) in [6, 6.07) is 9.06. The second-order valence-electron chi connectivity index (χ2n) is 8.26. The van der Waals surface area contributed by atoms with Crippen molar-refractivity contribution in [3.05, 3.63) is 65.1 Å². The molecule has 0 radical (unpaired) electrons. The van der Waals surface area contributed by atoms with E-state index in [9.17, 15) is 19.1 Å². The van der Waals surface area contributed by atoms with Gasteiger partial charge in [0.1, 0.15) is 12.3 Å². The second kappa shape index (κ2) is 10.7. The molecule has 3 aromatic rings. The molecule has 2 aromatic carbocycles. The SMILES string of the molecule is COCCOc1cc2[nH]nc(C(=O)C=C(N)c3ccc(C(=O)N4CCC[C@H]4CO)cc3)c2cc1F. The van der Waals surface area contributed by atoms with Crippen LogP contribution < -0.4 is 10.5 Å². The second-order valence-corrected chi connectivity index (χ2v) is 8.26. The normalized spacial score (nSPS) is 16.1. The minimum absolute atomic E-state index is 0.0288. The first-order valence-corrected chi connectivity index (χ1v) is 11.3. The number of aromatic amines is 1. The average molecular weight is 483 g/mol. The number of benzene rings is 2. The average Bonchev–Trinajstić information content (AvgIpc) is 3.50. The summed E-state index contributed by atoms with van der Waals surface area (Å²) in [5.41, 5.74) is 7.81. The van der Waals surface area contributed by atoms with Gasteiger partial charge in [0.2, 0.25) is 5.78 Å². The Kier molecular flexibility index (Phi) is 7.42. The van der Waals surface area contributed by atoms with E-state index >= 15 is 0 Å². The van der Waals surface area contributed by atoms with E-state index in [-0.39, 0.29) is 42.3 Å². The van der Waals surface area contributed by atoms with E-state index in [0.717, 1.165) is 12.8 Å². The Hall–Kier alpha value is -3.76. The Morgan fingerprint density at radius 2 is 2.00 bits per heavy atom. The van der Waals surface area contributed by atoms with Crippen LogP contribution in [-0.2, 0) is 4.74 Å². The van der Waals surface area contributed by atoms with E-state index < -0.39 is 11.6 Å². The number of nitrogens with one attached hydrogen (secondary N) is 1. The van der Waals surface area contributed by atoms with Crippen molar-refractivity contribution in [3.8, 4) is 5.75 Å². The zero-order valence-corrected chi connectivity index (χ0v) is 19.3. The van der Waals surface area contributed by atoms with Crippen LogP contribution in [0.4, 0.5) is 4.39 Å². The molecule has 4 rings (SSSR count). The van der Waals surface area contributed by atoms with Gasteiger partial charge in [0.05, 0.1) is 24.8 Å². The number of aliphatic hydroxyl groups excluding tert-OH is 1. The Balaban J connectivity index is 1.50. The molecule has 1 atom stereocenters. The lowest BCUT2D eigenvalue weighted by Gasteiger charge is -2.23. The Morgan fingerprint density at radius 1 is 1.26 bits per heavy atom. The van der Waals surface area contributed by atoms with Crippen LogP contribution in [0.15, 0.2) is 42.5 Å². The van der Waals surface area contributed by atoms with Crippen LogP contribution in [0.5, 0.6) is 5.75 Å². The van der Waals surface area contributed by atoms with Crippen molar-refractivity contribution in [3.63, 3.8) is 0 Å². The fraction of sp³-hybridized carbons (Fsp3) is 0.320. The highest BCUT2D eigenvalue weighted by atomic mass is 19.1. The monoisotopic (exact) mass is 482 g/mol. The molecule has 0 unspecified atom stereocenters. The van der Waals surface area contributed by atoms with Gasteiger partial charge >= 0.3 is 0 Å². The zero-order chi connectivity index (χ0) is 24.9. The van der Waals surface area contributed by atoms with Crippen LogP contribution in [0.3, 0.4) is 0 Å². The van der Waals surface area contributed by atoms with Gasteiger partial charge in [-0.2, -0.15) is 5.10 Å². The summed E-state index contributed by atoms with van der Waals surface area (Å²) < 4.78 is 24.7. The molecule has 184 valence electrons. The number of fused-ring (bicyclic) bond motifs is 1. The molecule has 4 N–H and O–H groups in total. The van der Waals surface area contributed by atoms with Crippen molar-refractivity contribution in [1.82, 2.24) is 15.1 Å². The predicted octanol–water partition coefficient (Wildman–Crippen LogP) is 2.51. The fourth-order valence-corrected chi connectivity index (χ4v) is 4.11. The van der Waals surface area contributed by atoms with Crippen LogP contribution in [0.2, 0.25) is 0 Å². The van der Waals surface area contributed by atoms with Gasteiger partial charge in [0, 0.05) is 42.4 Å². The van der Waals surface area contributed by atoms with Crippen molar-refractivity contribution in [1.29, 1.82) is 0 Å². The highest BCUT2D eigenvalue weighted by Gasteiger charge is 2.28. The Labute approximate surface area is 201 Å². The van der Waals surface area contributed by atoms with Crippen molar-refractivity contribution < 1.29 is 28.6 Å². The standard InChI is InChI=1S/C25H27FN4O5/c1-34-9-10-35-23-13-21-18(11-19(23)26)24(29-28-21)22(32)12-20(27)15-4-6-16(7-5-15)25(33)30-8-2-3-17(30)14-31/h4-7,11-13,17,31H,2-3,8-10,14,27H2,1H3,(H,28,29)/t17-/m0/s1. The zero-order valence-electron chi connectivity index (χ0n) is 19.3. The molecular formula is C25H27FN4O5. The predicted molar refractivity (Wildman–Crippen MR) is 128 cm³/mol. The van der Waals surface area contributed by atoms with Gasteiger partial charge < -0.3 is 25.2 Å². The highest BCUT2D eigenvalue weighted by Crippen LogP contribution is 2.27. The summed E-state index contributed by atoms with van der Waals surface area (Å²) in [7, 11) is 1.52. The minimum Gasteiger partial charge on any atom is -0.488 e. The number of rotatable bonds is 9. The van der Waals surface area contributed by atoms with E-state index in [1.807, 2.05) is 0 Å². The molecule has 1 aliphatic heterocycles. The number of nitrogens with two attached hydrogens (primary N) is 1. The quantitative estimate of drug-likeness (QED) is 0.243. The van der Waals surface area contributed by atoms with Crippen molar-refractivity contribution in [2.45, 2.75) is 18.9 Å². The summed E-state index contributed by atoms with van der Waals surface area (Å²) in [4.78, 5) is 27.2. The third-order valence-corrected chi connectivity index (χ3v) is 5.99. The van der Waals surface area contributed by atoms with Gasteiger partial charge in [0.15, 0.2) is 11.6 Å². The summed E-state index contributed by atoms with van der Waals surface area (Å²) >= 11 is 0. The van der Waals surface area contributed by atoms with Crippen LogP contribution in [-0.4, -0.2) is 71.4 Å². The van der Waals surface area contributed by atoms with Gasteiger partial charge in [-0.05, 0) is 36.6 Å². The highest BCUT2D eigenvalue weighted by molar-refractivity contribution is 6.14. The maximum atomic E-state index is 14.5. The van der Waals surface area contributed by atoms with Crippen molar-refractivity contribution in [2.24, 2.45) is 5.73 Å². The maximum Gasteiger partial charge on any atom is 0.254 e. The molecule has 0 bridgehead atoms. The molecular weight excluding hydrogens is 455 g/mol. The molecule has 1 amide bonds. The lowest BCUT2D eigenvalue weighted by atomic mass is 10.1. The fourth-order valence-electron chi connectivity index (χ4n) is 4.11. The number of hydrogen-bond acceptors (Lipinski definition) is 7.